The second-order valence-corrected chi connectivity index (χ2v) is 5.08. The number of aromatic nitrogens is 2. The van der Waals surface area contributed by atoms with E-state index in [-0.39, 0.29) is 0 Å². The molecule has 1 aliphatic carbocycles. The lowest BCUT2D eigenvalue weighted by molar-refractivity contribution is 0.500. The van der Waals surface area contributed by atoms with Crippen LogP contribution in [0.2, 0.25) is 0 Å². The normalized spacial score (nSPS) is 14.4. The van der Waals surface area contributed by atoms with Crippen LogP contribution in [0.1, 0.15) is 31.2 Å². The molecule has 5 heteroatoms. The largest absolute Gasteiger partial charge is 0.467 e. The first-order chi connectivity index (χ1) is 9.86. The topological polar surface area (TPSA) is 54.2 Å². The average Bonchev–Trinajstić information content (AvgIpc) is 3.20. The number of hydrogen-bond donors (Lipinski definition) is 1. The predicted molar refractivity (Wildman–Crippen MR) is 77.3 cm³/mol. The van der Waals surface area contributed by atoms with Crippen LogP contribution in [0.15, 0.2) is 35.2 Å². The van der Waals surface area contributed by atoms with Gasteiger partial charge < -0.3 is 14.6 Å². The van der Waals surface area contributed by atoms with Crippen LogP contribution >= 0.6 is 0 Å². The molecule has 0 atom stereocenters. The number of furan rings is 1. The van der Waals surface area contributed by atoms with Gasteiger partial charge in [-0.1, -0.05) is 6.92 Å². The molecule has 106 valence electrons. The van der Waals surface area contributed by atoms with Gasteiger partial charge in [0.15, 0.2) is 0 Å². The number of nitrogens with one attached hydrogen (secondary N) is 1. The first kappa shape index (κ1) is 13.1. The van der Waals surface area contributed by atoms with Crippen molar-refractivity contribution >= 4 is 5.82 Å². The number of rotatable bonds is 7. The molecule has 0 spiro atoms. The summed E-state index contributed by atoms with van der Waals surface area (Å²) >= 11 is 0. The predicted octanol–water partition coefficient (Wildman–Crippen LogP) is 2.35. The number of hydrogen-bond acceptors (Lipinski definition) is 5. The van der Waals surface area contributed by atoms with Crippen LogP contribution < -0.4 is 10.2 Å². The van der Waals surface area contributed by atoms with Crippen LogP contribution in [0.5, 0.6) is 0 Å². The second-order valence-electron chi connectivity index (χ2n) is 5.08. The van der Waals surface area contributed by atoms with Crippen molar-refractivity contribution in [2.24, 2.45) is 0 Å². The zero-order valence-corrected chi connectivity index (χ0v) is 11.7. The molecular formula is C15H20N4O. The fraction of sp³-hybridized carbons (Fsp3) is 0.467. The Morgan fingerprint density at radius 1 is 1.35 bits per heavy atom. The monoisotopic (exact) mass is 272 g/mol. The molecule has 0 amide bonds. The van der Waals surface area contributed by atoms with Crippen LogP contribution in [-0.4, -0.2) is 22.6 Å². The SMILES string of the molecule is CCNCc1cnc(N(Cc2ccco2)C2CC2)cn1. The molecular weight excluding hydrogens is 252 g/mol. The zero-order chi connectivity index (χ0) is 13.8. The van der Waals surface area contributed by atoms with E-state index in [0.717, 1.165) is 36.9 Å². The van der Waals surface area contributed by atoms with Gasteiger partial charge in [-0.15, -0.1) is 0 Å². The number of anilines is 1. The van der Waals surface area contributed by atoms with Gasteiger partial charge in [0.1, 0.15) is 11.6 Å². The summed E-state index contributed by atoms with van der Waals surface area (Å²) in [6.07, 6.45) is 7.89. The average molecular weight is 272 g/mol. The minimum Gasteiger partial charge on any atom is -0.467 e. The Morgan fingerprint density at radius 3 is 2.85 bits per heavy atom. The highest BCUT2D eigenvalue weighted by atomic mass is 16.3. The molecule has 0 bridgehead atoms. The molecule has 0 aromatic carbocycles. The zero-order valence-electron chi connectivity index (χ0n) is 11.7. The molecule has 0 saturated heterocycles. The van der Waals surface area contributed by atoms with Crippen LogP contribution in [0.3, 0.4) is 0 Å². The molecule has 5 nitrogen and oxygen atoms in total. The lowest BCUT2D eigenvalue weighted by atomic mass is 10.3. The Hall–Kier alpha value is -1.88. The van der Waals surface area contributed by atoms with Crippen molar-refractivity contribution < 1.29 is 4.42 Å². The molecule has 1 aliphatic rings. The van der Waals surface area contributed by atoms with Gasteiger partial charge in [0, 0.05) is 12.6 Å². The van der Waals surface area contributed by atoms with Crippen LogP contribution in [0, 0.1) is 0 Å². The van der Waals surface area contributed by atoms with Gasteiger partial charge >= 0.3 is 0 Å². The Bertz CT molecular complexity index is 519. The van der Waals surface area contributed by atoms with Crippen molar-refractivity contribution in [2.45, 2.75) is 38.9 Å². The molecule has 0 radical (unpaired) electrons. The van der Waals surface area contributed by atoms with Crippen molar-refractivity contribution in [3.63, 3.8) is 0 Å². The van der Waals surface area contributed by atoms with Crippen molar-refractivity contribution in [1.29, 1.82) is 0 Å². The van der Waals surface area contributed by atoms with E-state index in [1.54, 1.807) is 6.26 Å². The lowest BCUT2D eigenvalue weighted by Crippen LogP contribution is -2.26. The van der Waals surface area contributed by atoms with Gasteiger partial charge in [0.05, 0.1) is 30.9 Å². The first-order valence-corrected chi connectivity index (χ1v) is 7.17. The Kier molecular flexibility index (Phi) is 3.97. The van der Waals surface area contributed by atoms with E-state index >= 15 is 0 Å². The summed E-state index contributed by atoms with van der Waals surface area (Å²) in [6.45, 7) is 4.56. The molecule has 3 rings (SSSR count). The molecule has 0 aliphatic heterocycles. The molecule has 1 saturated carbocycles. The highest BCUT2D eigenvalue weighted by Gasteiger charge is 2.30. The van der Waals surface area contributed by atoms with E-state index in [1.165, 1.54) is 12.8 Å². The highest BCUT2D eigenvalue weighted by molar-refractivity contribution is 5.39. The maximum Gasteiger partial charge on any atom is 0.147 e. The third-order valence-electron chi connectivity index (χ3n) is 3.44. The first-order valence-electron chi connectivity index (χ1n) is 7.17. The van der Waals surface area contributed by atoms with Crippen molar-refractivity contribution in [1.82, 2.24) is 15.3 Å². The minimum atomic E-state index is 0.578. The van der Waals surface area contributed by atoms with E-state index < -0.39 is 0 Å². The van der Waals surface area contributed by atoms with E-state index in [1.807, 2.05) is 24.5 Å². The molecule has 2 aromatic heterocycles. The van der Waals surface area contributed by atoms with Crippen molar-refractivity contribution in [2.75, 3.05) is 11.4 Å². The highest BCUT2D eigenvalue weighted by Crippen LogP contribution is 2.31. The van der Waals surface area contributed by atoms with Gasteiger partial charge in [-0.3, -0.25) is 4.98 Å². The fourth-order valence-electron chi connectivity index (χ4n) is 2.19. The van der Waals surface area contributed by atoms with E-state index in [2.05, 4.69) is 27.1 Å². The summed E-state index contributed by atoms with van der Waals surface area (Å²) in [5, 5.41) is 3.25. The Morgan fingerprint density at radius 2 is 2.25 bits per heavy atom. The molecule has 2 aromatic rings. The van der Waals surface area contributed by atoms with Crippen LogP contribution in [0.25, 0.3) is 0 Å². The van der Waals surface area contributed by atoms with Crippen LogP contribution in [0.4, 0.5) is 5.82 Å². The Balaban J connectivity index is 1.70. The summed E-state index contributed by atoms with van der Waals surface area (Å²) < 4.78 is 5.44. The summed E-state index contributed by atoms with van der Waals surface area (Å²) in [4.78, 5) is 11.3. The molecule has 0 unspecified atom stereocenters. The molecule has 2 heterocycles. The van der Waals surface area contributed by atoms with Gasteiger partial charge in [-0.2, -0.15) is 0 Å². The molecule has 20 heavy (non-hydrogen) atoms. The molecule has 1 N–H and O–H groups in total. The maximum atomic E-state index is 5.44. The quantitative estimate of drug-likeness (QED) is 0.838. The van der Waals surface area contributed by atoms with Gasteiger partial charge in [0.2, 0.25) is 0 Å². The third-order valence-corrected chi connectivity index (χ3v) is 3.44. The van der Waals surface area contributed by atoms with E-state index in [9.17, 15) is 0 Å². The fourth-order valence-corrected chi connectivity index (χ4v) is 2.19. The van der Waals surface area contributed by atoms with Gasteiger partial charge in [-0.05, 0) is 31.5 Å². The summed E-state index contributed by atoms with van der Waals surface area (Å²) in [7, 11) is 0. The summed E-state index contributed by atoms with van der Waals surface area (Å²) in [6, 6.07) is 4.50. The van der Waals surface area contributed by atoms with Gasteiger partial charge in [0.25, 0.3) is 0 Å². The lowest BCUT2D eigenvalue weighted by Gasteiger charge is -2.22. The number of nitrogens with zero attached hydrogens (tertiary/aromatic N) is 3. The van der Waals surface area contributed by atoms with Crippen LogP contribution in [-0.2, 0) is 13.1 Å². The third kappa shape index (κ3) is 3.17. The van der Waals surface area contributed by atoms with Crippen molar-refractivity contribution in [3.05, 3.63) is 42.2 Å². The van der Waals surface area contributed by atoms with Crippen molar-refractivity contribution in [3.8, 4) is 0 Å². The maximum absolute atomic E-state index is 5.44. The standard InChI is InChI=1S/C15H20N4O/c1-2-16-8-12-9-18-15(10-17-12)19(13-5-6-13)11-14-4-3-7-20-14/h3-4,7,9-10,13,16H,2,5-6,8,11H2,1H3. The molecule has 1 fully saturated rings. The summed E-state index contributed by atoms with van der Waals surface area (Å²) in [5.41, 5.74) is 0.976. The van der Waals surface area contributed by atoms with E-state index in [0.29, 0.717) is 6.04 Å². The minimum absolute atomic E-state index is 0.578. The second kappa shape index (κ2) is 6.05. The Labute approximate surface area is 119 Å². The smallest absolute Gasteiger partial charge is 0.147 e. The van der Waals surface area contributed by atoms with E-state index in [4.69, 9.17) is 4.42 Å². The van der Waals surface area contributed by atoms with Gasteiger partial charge in [-0.25, -0.2) is 4.98 Å². The summed E-state index contributed by atoms with van der Waals surface area (Å²) in [5.74, 6) is 1.90.